The number of fused-ring (bicyclic) bond motifs is 1. The second-order valence-electron chi connectivity index (χ2n) is 3.87. The highest BCUT2D eigenvalue weighted by molar-refractivity contribution is 5.96. The number of benzene rings is 1. The lowest BCUT2D eigenvalue weighted by Gasteiger charge is -2.10. The number of aryl methyl sites for hydroxylation is 1. The van der Waals surface area contributed by atoms with Crippen molar-refractivity contribution in [3.63, 3.8) is 0 Å². The first-order chi connectivity index (χ1) is 7.72. The minimum absolute atomic E-state index is 0.723. The van der Waals surface area contributed by atoms with Crippen LogP contribution in [0.15, 0.2) is 24.4 Å². The van der Waals surface area contributed by atoms with Crippen LogP contribution in [0.25, 0.3) is 10.8 Å². The fraction of sp³-hybridized carbons (Fsp3) is 0.308. The fourth-order valence-corrected chi connectivity index (χ4v) is 1.68. The van der Waals surface area contributed by atoms with Gasteiger partial charge in [0, 0.05) is 28.4 Å². The average molecular weight is 216 g/mol. The van der Waals surface area contributed by atoms with E-state index in [2.05, 4.69) is 11.9 Å². The summed E-state index contributed by atoms with van der Waals surface area (Å²) in [6.45, 7) is 4.78. The van der Waals surface area contributed by atoms with E-state index in [0.29, 0.717) is 0 Å². The van der Waals surface area contributed by atoms with Gasteiger partial charge in [0.05, 0.1) is 6.61 Å². The molecule has 0 radical (unpaired) electrons. The third-order valence-electron chi connectivity index (χ3n) is 2.49. The van der Waals surface area contributed by atoms with Gasteiger partial charge in [-0.3, -0.25) is 4.98 Å². The molecule has 2 N–H and O–H groups in total. The Morgan fingerprint density at radius 2 is 2.12 bits per heavy atom. The lowest BCUT2D eigenvalue weighted by Crippen LogP contribution is -1.97. The van der Waals surface area contributed by atoms with E-state index in [9.17, 15) is 0 Å². The Morgan fingerprint density at radius 1 is 1.31 bits per heavy atom. The third kappa shape index (κ3) is 1.94. The van der Waals surface area contributed by atoms with Gasteiger partial charge in [-0.25, -0.2) is 0 Å². The van der Waals surface area contributed by atoms with Gasteiger partial charge in [-0.2, -0.15) is 0 Å². The molecule has 0 aliphatic rings. The summed E-state index contributed by atoms with van der Waals surface area (Å²) in [5, 5.41) is 2.00. The Hall–Kier alpha value is -1.77. The number of nitrogens with two attached hydrogens (primary N) is 1. The van der Waals surface area contributed by atoms with Crippen molar-refractivity contribution in [2.24, 2.45) is 0 Å². The predicted octanol–water partition coefficient (Wildman–Crippen LogP) is 2.91. The summed E-state index contributed by atoms with van der Waals surface area (Å²) < 4.78 is 5.70. The second-order valence-corrected chi connectivity index (χ2v) is 3.87. The molecular formula is C13H16N2O. The predicted molar refractivity (Wildman–Crippen MR) is 66.7 cm³/mol. The van der Waals surface area contributed by atoms with Crippen molar-refractivity contribution < 1.29 is 4.74 Å². The molecule has 0 fully saturated rings. The smallest absolute Gasteiger partial charge is 0.127 e. The molecule has 84 valence electrons. The third-order valence-corrected chi connectivity index (χ3v) is 2.49. The Balaban J connectivity index is 2.56. The first-order valence-electron chi connectivity index (χ1n) is 5.50. The largest absolute Gasteiger partial charge is 0.493 e. The van der Waals surface area contributed by atoms with Gasteiger partial charge in [0.1, 0.15) is 5.75 Å². The van der Waals surface area contributed by atoms with Crippen molar-refractivity contribution in [1.82, 2.24) is 4.98 Å². The van der Waals surface area contributed by atoms with Crippen molar-refractivity contribution in [3.8, 4) is 5.75 Å². The number of hydrogen-bond acceptors (Lipinski definition) is 3. The van der Waals surface area contributed by atoms with Crippen LogP contribution in [0.4, 0.5) is 5.69 Å². The molecule has 2 rings (SSSR count). The van der Waals surface area contributed by atoms with Gasteiger partial charge in [-0.05, 0) is 31.5 Å². The molecule has 3 heteroatoms. The van der Waals surface area contributed by atoms with E-state index in [-0.39, 0.29) is 0 Å². The molecule has 0 saturated carbocycles. The van der Waals surface area contributed by atoms with E-state index < -0.39 is 0 Å². The maximum atomic E-state index is 5.91. The lowest BCUT2D eigenvalue weighted by atomic mass is 10.1. The zero-order valence-corrected chi connectivity index (χ0v) is 9.66. The summed E-state index contributed by atoms with van der Waals surface area (Å²) in [6.07, 6.45) is 2.80. The molecule has 0 aliphatic carbocycles. The quantitative estimate of drug-likeness (QED) is 0.802. The number of pyridine rings is 1. The van der Waals surface area contributed by atoms with Crippen molar-refractivity contribution >= 4 is 16.5 Å². The first kappa shape index (κ1) is 10.7. The number of rotatable bonds is 3. The molecule has 1 heterocycles. The lowest BCUT2D eigenvalue weighted by molar-refractivity contribution is 0.321. The topological polar surface area (TPSA) is 48.1 Å². The molecule has 0 saturated heterocycles. The van der Waals surface area contributed by atoms with Gasteiger partial charge in [-0.1, -0.05) is 6.92 Å². The van der Waals surface area contributed by atoms with E-state index in [1.807, 2.05) is 25.1 Å². The molecule has 0 bridgehead atoms. The van der Waals surface area contributed by atoms with E-state index in [1.54, 1.807) is 6.20 Å². The molecule has 3 nitrogen and oxygen atoms in total. The summed E-state index contributed by atoms with van der Waals surface area (Å²) in [5.41, 5.74) is 7.62. The second kappa shape index (κ2) is 4.39. The number of nitrogens with zero attached hydrogens (tertiary/aromatic N) is 1. The summed E-state index contributed by atoms with van der Waals surface area (Å²) in [4.78, 5) is 4.25. The Kier molecular flexibility index (Phi) is 2.95. The molecule has 0 atom stereocenters. The van der Waals surface area contributed by atoms with Crippen LogP contribution in [-0.2, 0) is 0 Å². The van der Waals surface area contributed by atoms with Gasteiger partial charge in [0.2, 0.25) is 0 Å². The molecular weight excluding hydrogens is 200 g/mol. The van der Waals surface area contributed by atoms with Crippen LogP contribution in [0.2, 0.25) is 0 Å². The number of nitrogen functional groups attached to an aromatic ring is 1. The minimum Gasteiger partial charge on any atom is -0.493 e. The molecule has 1 aromatic heterocycles. The Bertz CT molecular complexity index is 509. The molecule has 16 heavy (non-hydrogen) atoms. The summed E-state index contributed by atoms with van der Waals surface area (Å²) in [6, 6.07) is 5.80. The van der Waals surface area contributed by atoms with Crippen LogP contribution in [-0.4, -0.2) is 11.6 Å². The van der Waals surface area contributed by atoms with Gasteiger partial charge >= 0.3 is 0 Å². The molecule has 0 amide bonds. The van der Waals surface area contributed by atoms with E-state index >= 15 is 0 Å². The Morgan fingerprint density at radius 3 is 2.88 bits per heavy atom. The standard InChI is InChI=1S/C13H16N2O/c1-3-6-16-13-5-4-12(14)11-8-15-9(2)7-10(11)13/h4-5,7-8H,3,6,14H2,1-2H3. The summed E-state index contributed by atoms with van der Waals surface area (Å²) >= 11 is 0. The van der Waals surface area contributed by atoms with Crippen LogP contribution in [0.1, 0.15) is 19.0 Å². The molecule has 0 aliphatic heterocycles. The zero-order valence-electron chi connectivity index (χ0n) is 9.66. The van der Waals surface area contributed by atoms with E-state index in [4.69, 9.17) is 10.5 Å². The normalized spacial score (nSPS) is 10.6. The van der Waals surface area contributed by atoms with Gasteiger partial charge in [-0.15, -0.1) is 0 Å². The molecule has 0 spiro atoms. The van der Waals surface area contributed by atoms with Crippen LogP contribution < -0.4 is 10.5 Å². The maximum Gasteiger partial charge on any atom is 0.127 e. The number of hydrogen-bond donors (Lipinski definition) is 1. The van der Waals surface area contributed by atoms with Crippen molar-refractivity contribution in [1.29, 1.82) is 0 Å². The number of ether oxygens (including phenoxy) is 1. The average Bonchev–Trinajstić information content (AvgIpc) is 2.28. The number of aromatic nitrogens is 1. The minimum atomic E-state index is 0.723. The summed E-state index contributed by atoms with van der Waals surface area (Å²) in [7, 11) is 0. The number of anilines is 1. The fourth-order valence-electron chi connectivity index (χ4n) is 1.68. The SMILES string of the molecule is CCCOc1ccc(N)c2cnc(C)cc12. The highest BCUT2D eigenvalue weighted by atomic mass is 16.5. The highest BCUT2D eigenvalue weighted by Gasteiger charge is 2.05. The zero-order chi connectivity index (χ0) is 11.5. The van der Waals surface area contributed by atoms with Gasteiger partial charge in [0.25, 0.3) is 0 Å². The molecule has 2 aromatic rings. The Labute approximate surface area is 95.2 Å². The van der Waals surface area contributed by atoms with Crippen LogP contribution in [0.5, 0.6) is 5.75 Å². The van der Waals surface area contributed by atoms with Crippen molar-refractivity contribution in [3.05, 3.63) is 30.1 Å². The summed E-state index contributed by atoms with van der Waals surface area (Å²) in [5.74, 6) is 0.886. The maximum absolute atomic E-state index is 5.91. The van der Waals surface area contributed by atoms with Gasteiger partial charge < -0.3 is 10.5 Å². The molecule has 0 unspecified atom stereocenters. The highest BCUT2D eigenvalue weighted by Crippen LogP contribution is 2.30. The monoisotopic (exact) mass is 216 g/mol. The van der Waals surface area contributed by atoms with Crippen LogP contribution in [0, 0.1) is 6.92 Å². The van der Waals surface area contributed by atoms with Gasteiger partial charge in [0.15, 0.2) is 0 Å². The van der Waals surface area contributed by atoms with Crippen molar-refractivity contribution in [2.75, 3.05) is 12.3 Å². The molecule has 1 aromatic carbocycles. The van der Waals surface area contributed by atoms with Crippen LogP contribution in [0.3, 0.4) is 0 Å². The van der Waals surface area contributed by atoms with E-state index in [1.165, 1.54) is 0 Å². The van der Waals surface area contributed by atoms with Crippen molar-refractivity contribution in [2.45, 2.75) is 20.3 Å². The first-order valence-corrected chi connectivity index (χ1v) is 5.50. The van der Waals surface area contributed by atoms with E-state index in [0.717, 1.165) is 40.9 Å². The van der Waals surface area contributed by atoms with Crippen LogP contribution >= 0.6 is 0 Å².